The molecular formula is C22H21ClN4O4S. The van der Waals surface area contributed by atoms with Crippen molar-refractivity contribution in [2.24, 2.45) is 10.9 Å². The highest BCUT2D eigenvalue weighted by Gasteiger charge is 2.47. The summed E-state index contributed by atoms with van der Waals surface area (Å²) < 4.78 is 12.2. The summed E-state index contributed by atoms with van der Waals surface area (Å²) in [5.74, 6) is 2.17. The van der Waals surface area contributed by atoms with Crippen molar-refractivity contribution >= 4 is 52.1 Å². The van der Waals surface area contributed by atoms with Crippen LogP contribution in [0.15, 0.2) is 35.3 Å². The highest BCUT2D eigenvalue weighted by Crippen LogP contribution is 2.42. The molecule has 1 aromatic carbocycles. The number of rotatable bonds is 5. The number of cyclic esters (lactones) is 1. The van der Waals surface area contributed by atoms with E-state index in [-0.39, 0.29) is 18.5 Å². The van der Waals surface area contributed by atoms with Gasteiger partial charge in [-0.25, -0.2) is 4.79 Å². The number of hydrogen-bond acceptors (Lipinski definition) is 7. The lowest BCUT2D eigenvalue weighted by molar-refractivity contribution is 0.0890. The highest BCUT2D eigenvalue weighted by atomic mass is 35.5. The number of nitrogens with one attached hydrogen (secondary N) is 1. The lowest BCUT2D eigenvalue weighted by atomic mass is 10.1. The van der Waals surface area contributed by atoms with Crippen molar-refractivity contribution in [2.45, 2.75) is 25.0 Å². The first-order valence-corrected chi connectivity index (χ1v) is 11.9. The average molecular weight is 473 g/mol. The average Bonchev–Trinajstić information content (AvgIpc) is 3.20. The number of anilines is 2. The van der Waals surface area contributed by atoms with Crippen molar-refractivity contribution in [3.8, 4) is 5.75 Å². The van der Waals surface area contributed by atoms with E-state index in [0.29, 0.717) is 33.2 Å². The van der Waals surface area contributed by atoms with Gasteiger partial charge in [-0.3, -0.25) is 14.7 Å². The van der Waals surface area contributed by atoms with E-state index in [0.717, 1.165) is 18.8 Å². The smallest absolute Gasteiger partial charge is 0.415 e. The van der Waals surface area contributed by atoms with E-state index in [1.54, 1.807) is 17.0 Å². The van der Waals surface area contributed by atoms with Gasteiger partial charge in [-0.2, -0.15) is 0 Å². The van der Waals surface area contributed by atoms with Gasteiger partial charge in [0.25, 0.3) is 5.91 Å². The van der Waals surface area contributed by atoms with Crippen molar-refractivity contribution in [3.63, 3.8) is 0 Å². The Morgan fingerprint density at radius 3 is 2.94 bits per heavy atom. The van der Waals surface area contributed by atoms with Gasteiger partial charge in [0.05, 0.1) is 28.0 Å². The summed E-state index contributed by atoms with van der Waals surface area (Å²) in [5.41, 5.74) is 1.73. The summed E-state index contributed by atoms with van der Waals surface area (Å²) in [4.78, 5) is 34.1. The summed E-state index contributed by atoms with van der Waals surface area (Å²) >= 11 is 7.11. The van der Waals surface area contributed by atoms with E-state index in [1.807, 2.05) is 18.2 Å². The largest absolute Gasteiger partial charge is 0.489 e. The number of amides is 2. The first-order valence-electron chi connectivity index (χ1n) is 10.7. The minimum Gasteiger partial charge on any atom is -0.489 e. The second-order valence-corrected chi connectivity index (χ2v) is 10.0. The zero-order valence-electron chi connectivity index (χ0n) is 17.1. The van der Waals surface area contributed by atoms with Crippen LogP contribution in [-0.2, 0) is 4.74 Å². The molecule has 0 spiro atoms. The van der Waals surface area contributed by atoms with Crippen LogP contribution in [0, 0.1) is 5.92 Å². The summed E-state index contributed by atoms with van der Waals surface area (Å²) in [5, 5.41) is 2.83. The van der Waals surface area contributed by atoms with E-state index >= 15 is 0 Å². The van der Waals surface area contributed by atoms with Gasteiger partial charge < -0.3 is 19.7 Å². The van der Waals surface area contributed by atoms with E-state index < -0.39 is 12.2 Å². The lowest BCUT2D eigenvalue weighted by Crippen LogP contribution is -2.47. The number of ether oxygens (including phenoxy) is 2. The molecule has 1 saturated heterocycles. The van der Waals surface area contributed by atoms with E-state index in [2.05, 4.69) is 15.2 Å². The van der Waals surface area contributed by atoms with Crippen LogP contribution in [0.5, 0.6) is 5.75 Å². The topological polar surface area (TPSA) is 83.5 Å². The van der Waals surface area contributed by atoms with Crippen LogP contribution in [0.3, 0.4) is 0 Å². The van der Waals surface area contributed by atoms with Crippen LogP contribution in [-0.4, -0.2) is 56.2 Å². The van der Waals surface area contributed by atoms with Gasteiger partial charge in [0.2, 0.25) is 0 Å². The molecule has 1 N–H and O–H groups in total. The molecule has 2 fully saturated rings. The predicted octanol–water partition coefficient (Wildman–Crippen LogP) is 3.55. The number of amidine groups is 1. The molecule has 3 aliphatic heterocycles. The Balaban J connectivity index is 1.17. The molecule has 0 bridgehead atoms. The van der Waals surface area contributed by atoms with Crippen molar-refractivity contribution in [1.82, 2.24) is 5.32 Å². The SMILES string of the molecule is O=C(NC[C@@H]1OC(=O)N2c3ccc(N4CCN=C4C4CC4)cc3OC[C@@H]12)c1ccc(Cl)s1. The first kappa shape index (κ1) is 19.9. The monoisotopic (exact) mass is 472 g/mol. The third-order valence-electron chi connectivity index (χ3n) is 6.21. The van der Waals surface area contributed by atoms with Crippen LogP contribution in [0.2, 0.25) is 4.34 Å². The zero-order valence-corrected chi connectivity index (χ0v) is 18.7. The Morgan fingerprint density at radius 2 is 2.16 bits per heavy atom. The quantitative estimate of drug-likeness (QED) is 0.719. The maximum atomic E-state index is 12.7. The fourth-order valence-electron chi connectivity index (χ4n) is 4.50. The summed E-state index contributed by atoms with van der Waals surface area (Å²) in [7, 11) is 0. The van der Waals surface area contributed by atoms with Gasteiger partial charge in [0.15, 0.2) is 0 Å². The Bertz CT molecular complexity index is 1130. The molecule has 1 aliphatic carbocycles. The van der Waals surface area contributed by atoms with E-state index in [1.165, 1.54) is 30.0 Å². The highest BCUT2D eigenvalue weighted by molar-refractivity contribution is 7.18. The maximum absolute atomic E-state index is 12.7. The number of nitrogens with zero attached hydrogens (tertiary/aromatic N) is 3. The van der Waals surface area contributed by atoms with Crippen LogP contribution in [0.4, 0.5) is 16.2 Å². The fourth-order valence-corrected chi connectivity index (χ4v) is 5.46. The first-order chi connectivity index (χ1) is 15.6. The maximum Gasteiger partial charge on any atom is 0.415 e. The number of benzene rings is 1. The molecule has 8 nitrogen and oxygen atoms in total. The third-order valence-corrected chi connectivity index (χ3v) is 7.44. The number of carbonyl (C=O) groups excluding carboxylic acids is 2. The molecule has 10 heteroatoms. The number of thiophene rings is 1. The van der Waals surface area contributed by atoms with Gasteiger partial charge in [0, 0.05) is 24.2 Å². The molecule has 6 rings (SSSR count). The number of hydrogen-bond donors (Lipinski definition) is 1. The lowest BCUT2D eigenvalue weighted by Gasteiger charge is -2.32. The van der Waals surface area contributed by atoms with Crippen molar-refractivity contribution in [1.29, 1.82) is 0 Å². The number of carbonyl (C=O) groups is 2. The van der Waals surface area contributed by atoms with Gasteiger partial charge in [-0.05, 0) is 37.1 Å². The Labute approximate surface area is 193 Å². The normalized spacial score (nSPS) is 23.9. The van der Waals surface area contributed by atoms with Crippen LogP contribution in [0.1, 0.15) is 22.5 Å². The Kier molecular flexibility index (Phi) is 4.76. The predicted molar refractivity (Wildman–Crippen MR) is 123 cm³/mol. The van der Waals surface area contributed by atoms with Crippen molar-refractivity contribution in [2.75, 3.05) is 36.0 Å². The van der Waals surface area contributed by atoms with E-state index in [4.69, 9.17) is 21.1 Å². The summed E-state index contributed by atoms with van der Waals surface area (Å²) in [6, 6.07) is 8.96. The molecular weight excluding hydrogens is 452 g/mol. The minimum absolute atomic E-state index is 0.201. The van der Waals surface area contributed by atoms with Gasteiger partial charge in [0.1, 0.15) is 30.3 Å². The van der Waals surface area contributed by atoms with Crippen LogP contribution >= 0.6 is 22.9 Å². The van der Waals surface area contributed by atoms with Crippen molar-refractivity contribution < 1.29 is 19.1 Å². The molecule has 0 radical (unpaired) electrons. The molecule has 0 unspecified atom stereocenters. The number of fused-ring (bicyclic) bond motifs is 3. The van der Waals surface area contributed by atoms with E-state index in [9.17, 15) is 9.59 Å². The summed E-state index contributed by atoms with van der Waals surface area (Å²) in [6.07, 6.45) is 1.49. The molecule has 32 heavy (non-hydrogen) atoms. The molecule has 1 aromatic heterocycles. The number of halogens is 1. The standard InChI is InChI=1S/C22H21ClN4O4S/c23-19-6-5-18(32-19)21(28)25-10-17-15-11-30-16-9-13(3-4-14(16)27(15)22(29)31-17)26-8-7-24-20(26)12-1-2-12/h3-6,9,12,15,17H,1-2,7-8,10-11H2,(H,25,28)/t15-,17-/m0/s1. The Hall–Kier alpha value is -2.78. The fraction of sp³-hybridized carbons (Fsp3) is 0.409. The Morgan fingerprint density at radius 1 is 1.28 bits per heavy atom. The van der Waals surface area contributed by atoms with Crippen LogP contribution < -0.4 is 19.9 Å². The molecule has 166 valence electrons. The molecule has 4 aliphatic rings. The third kappa shape index (κ3) is 3.40. The summed E-state index contributed by atoms with van der Waals surface area (Å²) in [6.45, 7) is 2.19. The van der Waals surface area contributed by atoms with Gasteiger partial charge in [-0.1, -0.05) is 11.6 Å². The second-order valence-electron chi connectivity index (χ2n) is 8.30. The number of aliphatic imine (C=N–C) groups is 1. The molecule has 4 heterocycles. The van der Waals surface area contributed by atoms with Gasteiger partial charge >= 0.3 is 6.09 Å². The van der Waals surface area contributed by atoms with Crippen molar-refractivity contribution in [3.05, 3.63) is 39.5 Å². The second kappa shape index (κ2) is 7.67. The van der Waals surface area contributed by atoms with Crippen LogP contribution in [0.25, 0.3) is 0 Å². The molecule has 2 aromatic rings. The minimum atomic E-state index is -0.498. The molecule has 2 atom stereocenters. The molecule has 1 saturated carbocycles. The van der Waals surface area contributed by atoms with Gasteiger partial charge in [-0.15, -0.1) is 11.3 Å². The zero-order chi connectivity index (χ0) is 21.8. The molecule has 2 amide bonds.